The van der Waals surface area contributed by atoms with E-state index in [4.69, 9.17) is 4.74 Å². The van der Waals surface area contributed by atoms with Crippen LogP contribution in [0.3, 0.4) is 0 Å². The molecule has 0 bridgehead atoms. The normalized spacial score (nSPS) is 15.7. The Hall–Kier alpha value is -3.79. The summed E-state index contributed by atoms with van der Waals surface area (Å²) in [6, 6.07) is 14.1. The van der Waals surface area contributed by atoms with Gasteiger partial charge in [0.15, 0.2) is 0 Å². The van der Waals surface area contributed by atoms with Crippen LogP contribution in [-0.4, -0.2) is 41.8 Å². The zero-order chi connectivity index (χ0) is 24.1. The number of hydrogen-bond donors (Lipinski definition) is 3. The molecule has 2 unspecified atom stereocenters. The minimum absolute atomic E-state index is 0.00132. The van der Waals surface area contributed by atoms with E-state index in [1.54, 1.807) is 6.92 Å². The number of nitrogens with one attached hydrogen (secondary N) is 2. The van der Waals surface area contributed by atoms with Crippen LogP contribution in [-0.2, 0) is 14.3 Å². The Morgan fingerprint density at radius 1 is 1.00 bits per heavy atom. The third kappa shape index (κ3) is 5.40. The van der Waals surface area contributed by atoms with Crippen LogP contribution < -0.4 is 10.6 Å². The maximum Gasteiger partial charge on any atom is 0.407 e. The molecule has 2 aromatic carbocycles. The molecule has 0 spiro atoms. The molecule has 34 heavy (non-hydrogen) atoms. The Balaban J connectivity index is 1.40. The molecular weight excluding hydrogens is 432 g/mol. The van der Waals surface area contributed by atoms with Gasteiger partial charge >= 0.3 is 12.1 Å². The second-order valence-electron chi connectivity index (χ2n) is 8.73. The van der Waals surface area contributed by atoms with Gasteiger partial charge in [-0.25, -0.2) is 9.59 Å². The number of amides is 2. The molecule has 0 aromatic heterocycles. The van der Waals surface area contributed by atoms with Gasteiger partial charge in [0.2, 0.25) is 5.91 Å². The number of ether oxygens (including phenoxy) is 1. The number of carboxylic acid groups (broad SMARTS) is 1. The standard InChI is InChI=1S/C27H28N2O5/c1-2-3-12-23(26(31)32)28-25(30)24(15-17-13-14-17)29-27(33)34-16-22-20-10-6-4-8-18(20)19-9-5-7-11-21(19)22/h4-11,17,22-24H,12-16H2,1H3,(H,28,30)(H,29,33)(H,31,32). The van der Waals surface area contributed by atoms with Crippen molar-refractivity contribution in [2.45, 2.75) is 50.6 Å². The Morgan fingerprint density at radius 2 is 1.62 bits per heavy atom. The van der Waals surface area contributed by atoms with Crippen molar-refractivity contribution >= 4 is 18.0 Å². The van der Waals surface area contributed by atoms with E-state index in [0.29, 0.717) is 12.3 Å². The van der Waals surface area contributed by atoms with Crippen molar-refractivity contribution in [1.29, 1.82) is 0 Å². The first-order chi connectivity index (χ1) is 16.5. The van der Waals surface area contributed by atoms with Crippen LogP contribution in [0, 0.1) is 17.8 Å². The lowest BCUT2D eigenvalue weighted by molar-refractivity contribution is -0.142. The molecule has 7 nitrogen and oxygen atoms in total. The highest BCUT2D eigenvalue weighted by Crippen LogP contribution is 2.44. The number of benzene rings is 2. The molecule has 4 rings (SSSR count). The van der Waals surface area contributed by atoms with Crippen molar-refractivity contribution in [1.82, 2.24) is 10.6 Å². The maximum atomic E-state index is 12.8. The van der Waals surface area contributed by atoms with Crippen LogP contribution in [0.15, 0.2) is 48.5 Å². The Labute approximate surface area is 198 Å². The topological polar surface area (TPSA) is 105 Å². The molecule has 2 aliphatic rings. The predicted molar refractivity (Wildman–Crippen MR) is 127 cm³/mol. The Morgan fingerprint density at radius 3 is 2.18 bits per heavy atom. The predicted octanol–water partition coefficient (Wildman–Crippen LogP) is 3.68. The summed E-state index contributed by atoms with van der Waals surface area (Å²) in [4.78, 5) is 37.0. The first kappa shape index (κ1) is 23.4. The molecule has 1 fully saturated rings. The largest absolute Gasteiger partial charge is 0.480 e. The molecule has 2 aromatic rings. The van der Waals surface area contributed by atoms with Gasteiger partial charge < -0.3 is 20.5 Å². The quantitative estimate of drug-likeness (QED) is 0.495. The molecule has 2 amide bonds. The minimum atomic E-state index is -1.16. The molecular formula is C27H28N2O5. The highest BCUT2D eigenvalue weighted by Gasteiger charge is 2.33. The lowest BCUT2D eigenvalue weighted by Crippen LogP contribution is -2.51. The van der Waals surface area contributed by atoms with E-state index in [1.165, 1.54) is 0 Å². The van der Waals surface area contributed by atoms with Gasteiger partial charge in [0.1, 0.15) is 18.7 Å². The molecule has 2 atom stereocenters. The monoisotopic (exact) mass is 460 g/mol. The molecule has 0 saturated heterocycles. The molecule has 0 heterocycles. The summed E-state index contributed by atoms with van der Waals surface area (Å²) in [5.41, 5.74) is 4.47. The molecule has 0 radical (unpaired) electrons. The third-order valence-corrected chi connectivity index (χ3v) is 6.32. The molecule has 176 valence electrons. The van der Waals surface area contributed by atoms with Crippen LogP contribution in [0.2, 0.25) is 0 Å². The van der Waals surface area contributed by atoms with Gasteiger partial charge in [-0.2, -0.15) is 0 Å². The van der Waals surface area contributed by atoms with E-state index < -0.39 is 30.1 Å². The number of alkyl carbamates (subject to hydrolysis) is 1. The molecule has 7 heteroatoms. The molecule has 1 saturated carbocycles. The summed E-state index contributed by atoms with van der Waals surface area (Å²) in [5.74, 6) is 3.86. The van der Waals surface area contributed by atoms with Crippen molar-refractivity contribution in [3.05, 3.63) is 59.7 Å². The van der Waals surface area contributed by atoms with E-state index in [-0.39, 0.29) is 18.9 Å². The van der Waals surface area contributed by atoms with Gasteiger partial charge in [0.25, 0.3) is 0 Å². The van der Waals surface area contributed by atoms with Crippen molar-refractivity contribution < 1.29 is 24.2 Å². The third-order valence-electron chi connectivity index (χ3n) is 6.32. The fourth-order valence-electron chi connectivity index (χ4n) is 4.38. The number of fused-ring (bicyclic) bond motifs is 3. The van der Waals surface area contributed by atoms with Gasteiger partial charge in [-0.3, -0.25) is 4.79 Å². The van der Waals surface area contributed by atoms with E-state index in [0.717, 1.165) is 35.1 Å². The fraction of sp³-hybridized carbons (Fsp3) is 0.370. The average molecular weight is 461 g/mol. The number of carbonyl (C=O) groups is 3. The summed E-state index contributed by atoms with van der Waals surface area (Å²) >= 11 is 0. The van der Waals surface area contributed by atoms with Crippen molar-refractivity contribution in [2.24, 2.45) is 5.92 Å². The second kappa shape index (κ2) is 10.4. The summed E-state index contributed by atoms with van der Waals surface area (Å²) < 4.78 is 5.57. The zero-order valence-corrected chi connectivity index (χ0v) is 19.0. The van der Waals surface area contributed by atoms with E-state index >= 15 is 0 Å². The van der Waals surface area contributed by atoms with Crippen LogP contribution in [0.1, 0.15) is 49.7 Å². The van der Waals surface area contributed by atoms with Gasteiger partial charge in [-0.15, -0.1) is 11.8 Å². The number of carbonyl (C=O) groups excluding carboxylic acids is 2. The van der Waals surface area contributed by atoms with Crippen molar-refractivity contribution in [2.75, 3.05) is 6.61 Å². The highest BCUT2D eigenvalue weighted by atomic mass is 16.5. The average Bonchev–Trinajstić information content (AvgIpc) is 3.60. The van der Waals surface area contributed by atoms with Gasteiger partial charge in [0, 0.05) is 12.3 Å². The maximum absolute atomic E-state index is 12.8. The number of carboxylic acids is 1. The van der Waals surface area contributed by atoms with Crippen LogP contribution in [0.5, 0.6) is 0 Å². The van der Waals surface area contributed by atoms with Crippen LogP contribution in [0.4, 0.5) is 4.79 Å². The second-order valence-corrected chi connectivity index (χ2v) is 8.73. The Kier molecular flexibility index (Phi) is 7.17. The van der Waals surface area contributed by atoms with Gasteiger partial charge in [0.05, 0.1) is 0 Å². The number of rotatable bonds is 9. The summed E-state index contributed by atoms with van der Waals surface area (Å²) in [6.07, 6.45) is 1.73. The first-order valence-electron chi connectivity index (χ1n) is 11.5. The van der Waals surface area contributed by atoms with E-state index in [9.17, 15) is 19.5 Å². The summed E-state index contributed by atoms with van der Waals surface area (Å²) in [5, 5.41) is 14.5. The van der Waals surface area contributed by atoms with Gasteiger partial charge in [-0.05, 0) is 41.5 Å². The molecule has 0 aliphatic heterocycles. The van der Waals surface area contributed by atoms with Crippen molar-refractivity contribution in [3.63, 3.8) is 0 Å². The van der Waals surface area contributed by atoms with E-state index in [2.05, 4.69) is 34.6 Å². The highest BCUT2D eigenvalue weighted by molar-refractivity contribution is 5.89. The Bertz CT molecular complexity index is 1100. The SMILES string of the molecule is CC#CCC(NC(=O)C(CC1CC1)NC(=O)OCC1c2ccccc2-c2ccccc21)C(=O)O. The minimum Gasteiger partial charge on any atom is -0.480 e. The van der Waals surface area contributed by atoms with E-state index in [1.807, 2.05) is 36.4 Å². The van der Waals surface area contributed by atoms with Crippen LogP contribution >= 0.6 is 0 Å². The van der Waals surface area contributed by atoms with Crippen molar-refractivity contribution in [3.8, 4) is 23.0 Å². The summed E-state index contributed by atoms with van der Waals surface area (Å²) in [6.45, 7) is 1.75. The zero-order valence-electron chi connectivity index (χ0n) is 19.0. The number of hydrogen-bond acceptors (Lipinski definition) is 4. The molecule has 2 aliphatic carbocycles. The number of aliphatic carboxylic acids is 1. The smallest absolute Gasteiger partial charge is 0.407 e. The van der Waals surface area contributed by atoms with Gasteiger partial charge in [-0.1, -0.05) is 61.4 Å². The fourth-order valence-corrected chi connectivity index (χ4v) is 4.38. The lowest BCUT2D eigenvalue weighted by atomic mass is 9.98. The summed E-state index contributed by atoms with van der Waals surface area (Å²) in [7, 11) is 0. The first-order valence-corrected chi connectivity index (χ1v) is 11.5. The molecule has 3 N–H and O–H groups in total. The lowest BCUT2D eigenvalue weighted by Gasteiger charge is -2.21. The van der Waals surface area contributed by atoms with Crippen LogP contribution in [0.25, 0.3) is 11.1 Å².